The van der Waals surface area contributed by atoms with Gasteiger partial charge in [0.2, 0.25) is 0 Å². The van der Waals surface area contributed by atoms with Crippen LogP contribution in [-0.4, -0.2) is 18.1 Å². The molecule has 0 radical (unpaired) electrons. The van der Waals surface area contributed by atoms with Crippen LogP contribution >= 0.6 is 0 Å². The zero-order chi connectivity index (χ0) is 11.3. The molecule has 0 heterocycles. The minimum Gasteiger partial charge on any atom is -0.497 e. The quantitative estimate of drug-likeness (QED) is 0.199. The third-order valence-electron chi connectivity index (χ3n) is 1.91. The molecule has 14 heavy (non-hydrogen) atoms. The maximum atomic E-state index is 11.0. The van der Waals surface area contributed by atoms with Crippen molar-refractivity contribution in [2.45, 2.75) is 13.8 Å². The van der Waals surface area contributed by atoms with Crippen LogP contribution in [0.2, 0.25) is 0 Å². The van der Waals surface area contributed by atoms with Crippen molar-refractivity contribution in [2.75, 3.05) is 7.11 Å². The van der Waals surface area contributed by atoms with Gasteiger partial charge in [0, 0.05) is 11.3 Å². The summed E-state index contributed by atoms with van der Waals surface area (Å²) in [5.41, 5.74) is 3.11. The van der Waals surface area contributed by atoms with Crippen molar-refractivity contribution < 1.29 is 9.53 Å². The van der Waals surface area contributed by atoms with Crippen molar-refractivity contribution in [1.29, 1.82) is 0 Å². The van der Waals surface area contributed by atoms with E-state index in [0.29, 0.717) is 17.0 Å². The Hall–Kier alpha value is -1.53. The number of hydrogen-bond acceptors (Lipinski definition) is 4. The predicted octanol–water partition coefficient (Wildman–Crippen LogP) is 0.199. The number of nitrogens with one attached hydrogen (secondary N) is 1. The number of carbonyl (C=O) groups is 1. The Balaban J connectivity index is 4.81. The van der Waals surface area contributed by atoms with Gasteiger partial charge in [-0.05, 0) is 13.8 Å². The monoisotopic (exact) mass is 200 g/mol. The smallest absolute Gasteiger partial charge is 0.350 e. The van der Waals surface area contributed by atoms with E-state index in [2.05, 4.69) is 6.58 Å². The van der Waals surface area contributed by atoms with E-state index in [0.717, 1.165) is 5.01 Å². The number of nitrogens with two attached hydrogens (primary N) is 2. The molecule has 0 spiro atoms. The number of rotatable bonds is 3. The average Bonchev–Trinajstić information content (AvgIpc) is 2.23. The number of methoxy groups -OCH3 is 1. The molecule has 0 aliphatic rings. The molecule has 5 N–H and O–H groups in total. The van der Waals surface area contributed by atoms with Crippen molar-refractivity contribution in [1.82, 2.24) is 10.4 Å². The van der Waals surface area contributed by atoms with Gasteiger partial charge in [-0.15, -0.1) is 0 Å². The van der Waals surface area contributed by atoms with Gasteiger partial charge < -0.3 is 4.74 Å². The number of ether oxygens (including phenoxy) is 1. The molecule has 0 unspecified atom stereocenters. The first-order valence-electron chi connectivity index (χ1n) is 3.91. The lowest BCUT2D eigenvalue weighted by molar-refractivity contribution is 0.211. The van der Waals surface area contributed by atoms with Gasteiger partial charge in [-0.3, -0.25) is 5.43 Å². The third-order valence-corrected chi connectivity index (χ3v) is 1.91. The van der Waals surface area contributed by atoms with Gasteiger partial charge in [-0.1, -0.05) is 6.58 Å². The van der Waals surface area contributed by atoms with E-state index in [1.54, 1.807) is 13.8 Å². The highest BCUT2D eigenvalue weighted by Crippen LogP contribution is 2.14. The fourth-order valence-electron chi connectivity index (χ4n) is 0.757. The summed E-state index contributed by atoms with van der Waals surface area (Å²) >= 11 is 0. The number of hydrazine groups is 2. The summed E-state index contributed by atoms with van der Waals surface area (Å²) in [6, 6.07) is -0.606. The second-order valence-electron chi connectivity index (χ2n) is 2.66. The lowest BCUT2D eigenvalue weighted by Crippen LogP contribution is -2.46. The van der Waals surface area contributed by atoms with Gasteiger partial charge in [0.25, 0.3) is 0 Å². The standard InChI is InChI=1S/C8H16N4O2/c1-5(7(3)14-4)6(2)12(10)8(13)11-9/h3,9-10H2,1-2,4H3,(H,11,13)/b6-5+. The van der Waals surface area contributed by atoms with Crippen molar-refractivity contribution in [3.63, 3.8) is 0 Å². The molecule has 0 rings (SSSR count). The fourth-order valence-corrected chi connectivity index (χ4v) is 0.757. The van der Waals surface area contributed by atoms with E-state index in [1.807, 2.05) is 5.43 Å². The Morgan fingerprint density at radius 1 is 1.50 bits per heavy atom. The summed E-state index contributed by atoms with van der Waals surface area (Å²) in [6.45, 7) is 7.04. The average molecular weight is 200 g/mol. The summed E-state index contributed by atoms with van der Waals surface area (Å²) in [4.78, 5) is 11.0. The second-order valence-corrected chi connectivity index (χ2v) is 2.66. The molecule has 0 saturated carbocycles. The van der Waals surface area contributed by atoms with Crippen LogP contribution < -0.4 is 17.1 Å². The minimum atomic E-state index is -0.606. The molecule has 0 fully saturated rings. The molecule has 0 aromatic carbocycles. The summed E-state index contributed by atoms with van der Waals surface area (Å²) in [6.07, 6.45) is 0. The van der Waals surface area contributed by atoms with Crippen molar-refractivity contribution in [3.05, 3.63) is 23.6 Å². The van der Waals surface area contributed by atoms with Crippen LogP contribution in [0.5, 0.6) is 0 Å². The first-order chi connectivity index (χ1) is 6.45. The van der Waals surface area contributed by atoms with Crippen LogP contribution in [0.25, 0.3) is 0 Å². The van der Waals surface area contributed by atoms with Crippen molar-refractivity contribution >= 4 is 6.03 Å². The van der Waals surface area contributed by atoms with Gasteiger partial charge >= 0.3 is 6.03 Å². The van der Waals surface area contributed by atoms with E-state index >= 15 is 0 Å². The molecule has 0 atom stereocenters. The Kier molecular flexibility index (Phi) is 4.68. The van der Waals surface area contributed by atoms with Crippen LogP contribution in [0, 0.1) is 0 Å². The number of urea groups is 1. The highest BCUT2D eigenvalue weighted by atomic mass is 16.5. The normalized spacial score (nSPS) is 11.5. The Labute approximate surface area is 83.1 Å². The minimum absolute atomic E-state index is 0.447. The van der Waals surface area contributed by atoms with Gasteiger partial charge in [-0.2, -0.15) is 0 Å². The molecule has 6 nitrogen and oxygen atoms in total. The van der Waals surface area contributed by atoms with Crippen LogP contribution in [0.3, 0.4) is 0 Å². The lowest BCUT2D eigenvalue weighted by atomic mass is 10.2. The fraction of sp³-hybridized carbons (Fsp3) is 0.375. The maximum absolute atomic E-state index is 11.0. The topological polar surface area (TPSA) is 93.6 Å². The predicted molar refractivity (Wildman–Crippen MR) is 53.3 cm³/mol. The SMILES string of the molecule is C=C(OC)/C(C)=C(\C)N(N)C(=O)NN. The van der Waals surface area contributed by atoms with Crippen LogP contribution in [0.4, 0.5) is 4.79 Å². The van der Waals surface area contributed by atoms with E-state index in [1.165, 1.54) is 7.11 Å². The molecule has 2 amide bonds. The van der Waals surface area contributed by atoms with Gasteiger partial charge in [0.15, 0.2) is 0 Å². The van der Waals surface area contributed by atoms with Crippen LogP contribution in [0.15, 0.2) is 23.6 Å². The van der Waals surface area contributed by atoms with E-state index in [4.69, 9.17) is 16.4 Å². The first kappa shape index (κ1) is 12.5. The van der Waals surface area contributed by atoms with Gasteiger partial charge in [-0.25, -0.2) is 21.5 Å². The Bertz CT molecular complexity index is 273. The van der Waals surface area contributed by atoms with Crippen LogP contribution in [-0.2, 0) is 4.74 Å². The molecular weight excluding hydrogens is 184 g/mol. The summed E-state index contributed by atoms with van der Waals surface area (Å²) in [5, 5.41) is 0.888. The first-order valence-corrected chi connectivity index (χ1v) is 3.91. The van der Waals surface area contributed by atoms with Gasteiger partial charge in [0.05, 0.1) is 7.11 Å². The van der Waals surface area contributed by atoms with E-state index in [9.17, 15) is 4.79 Å². The van der Waals surface area contributed by atoms with Crippen molar-refractivity contribution in [2.24, 2.45) is 11.7 Å². The summed E-state index contributed by atoms with van der Waals surface area (Å²) in [7, 11) is 1.49. The number of hydrogen-bond donors (Lipinski definition) is 3. The number of carbonyl (C=O) groups excluding carboxylic acids is 1. The molecule has 0 saturated heterocycles. The molecule has 6 heteroatoms. The Morgan fingerprint density at radius 3 is 2.36 bits per heavy atom. The molecule has 0 aliphatic carbocycles. The highest BCUT2D eigenvalue weighted by molar-refractivity contribution is 5.74. The second kappa shape index (κ2) is 5.25. The number of allylic oxidation sites excluding steroid dienone is 2. The van der Waals surface area contributed by atoms with Crippen molar-refractivity contribution in [3.8, 4) is 0 Å². The molecule has 0 bridgehead atoms. The largest absolute Gasteiger partial charge is 0.497 e. The van der Waals surface area contributed by atoms with Gasteiger partial charge in [0.1, 0.15) is 5.76 Å². The Morgan fingerprint density at radius 2 is 2.00 bits per heavy atom. The molecular formula is C8H16N4O2. The van der Waals surface area contributed by atoms with E-state index in [-0.39, 0.29) is 0 Å². The maximum Gasteiger partial charge on any atom is 0.350 e. The summed E-state index contributed by atoms with van der Waals surface area (Å²) in [5.74, 6) is 10.8. The molecule has 80 valence electrons. The molecule has 0 aromatic heterocycles. The highest BCUT2D eigenvalue weighted by Gasteiger charge is 2.12. The zero-order valence-electron chi connectivity index (χ0n) is 8.63. The number of nitrogens with zero attached hydrogens (tertiary/aromatic N) is 1. The van der Waals surface area contributed by atoms with E-state index < -0.39 is 6.03 Å². The lowest BCUT2D eigenvalue weighted by Gasteiger charge is -2.19. The summed E-state index contributed by atoms with van der Waals surface area (Å²) < 4.78 is 4.90. The number of amides is 2. The zero-order valence-corrected chi connectivity index (χ0v) is 8.63. The molecule has 0 aliphatic heterocycles. The molecule has 0 aromatic rings. The van der Waals surface area contributed by atoms with Crippen LogP contribution in [0.1, 0.15) is 13.8 Å². The third kappa shape index (κ3) is 2.75.